The summed E-state index contributed by atoms with van der Waals surface area (Å²) in [6.45, 7) is 6.66. The summed E-state index contributed by atoms with van der Waals surface area (Å²) in [5, 5.41) is 0.394. The molecule has 0 aliphatic heterocycles. The van der Waals surface area contributed by atoms with E-state index in [1.54, 1.807) is 0 Å². The van der Waals surface area contributed by atoms with Gasteiger partial charge in [-0.2, -0.15) is 11.8 Å². The molecular formula is C12H24O2S. The van der Waals surface area contributed by atoms with Crippen LogP contribution < -0.4 is 0 Å². The van der Waals surface area contributed by atoms with Gasteiger partial charge in [0, 0.05) is 5.25 Å². The average Bonchev–Trinajstić information content (AvgIpc) is 2.17. The third-order valence-electron chi connectivity index (χ3n) is 2.16. The molecule has 3 heteroatoms. The molecule has 0 aromatic carbocycles. The van der Waals surface area contributed by atoms with Gasteiger partial charge in [-0.25, -0.2) is 0 Å². The Balaban J connectivity index is 3.32. The normalized spacial score (nSPS) is 12.5. The van der Waals surface area contributed by atoms with E-state index in [9.17, 15) is 4.79 Å². The second-order valence-corrected chi connectivity index (χ2v) is 5.30. The third kappa shape index (κ3) is 10.1. The quantitative estimate of drug-likeness (QED) is 0.448. The van der Waals surface area contributed by atoms with Gasteiger partial charge in [-0.1, -0.05) is 33.1 Å². The predicted molar refractivity (Wildman–Crippen MR) is 67.3 cm³/mol. The molecule has 0 spiro atoms. The van der Waals surface area contributed by atoms with Crippen molar-refractivity contribution in [3.63, 3.8) is 0 Å². The number of hydrogen-bond acceptors (Lipinski definition) is 3. The fourth-order valence-corrected chi connectivity index (χ4v) is 2.35. The third-order valence-corrected chi connectivity index (χ3v) is 3.42. The standard InChI is InChI=1S/C12H24O2S/c1-4-6-7-8-9-15-11(3)10-12(13)14-5-2/h11H,4-10H2,1-3H3. The van der Waals surface area contributed by atoms with Crippen LogP contribution in [0.25, 0.3) is 0 Å². The highest BCUT2D eigenvalue weighted by Crippen LogP contribution is 2.17. The summed E-state index contributed by atoms with van der Waals surface area (Å²) in [7, 11) is 0. The van der Waals surface area contributed by atoms with Crippen molar-refractivity contribution in [2.75, 3.05) is 12.4 Å². The SMILES string of the molecule is CCCCCCSC(C)CC(=O)OCC. The number of rotatable bonds is 9. The number of carbonyl (C=O) groups is 1. The van der Waals surface area contributed by atoms with Gasteiger partial charge in [0.15, 0.2) is 0 Å². The maximum Gasteiger partial charge on any atom is 0.306 e. The molecule has 2 nitrogen and oxygen atoms in total. The summed E-state index contributed by atoms with van der Waals surface area (Å²) < 4.78 is 4.91. The second kappa shape index (κ2) is 10.3. The summed E-state index contributed by atoms with van der Waals surface area (Å²) in [6.07, 6.45) is 5.74. The Kier molecular flexibility index (Phi) is 10.2. The highest BCUT2D eigenvalue weighted by atomic mass is 32.2. The molecule has 0 saturated heterocycles. The lowest BCUT2D eigenvalue weighted by Gasteiger charge is -2.09. The molecule has 0 N–H and O–H groups in total. The summed E-state index contributed by atoms with van der Waals surface area (Å²) in [5.41, 5.74) is 0. The Hall–Kier alpha value is -0.180. The Morgan fingerprint density at radius 3 is 2.60 bits per heavy atom. The fraction of sp³-hybridized carbons (Fsp3) is 0.917. The zero-order valence-electron chi connectivity index (χ0n) is 10.3. The van der Waals surface area contributed by atoms with Crippen LogP contribution in [0.3, 0.4) is 0 Å². The molecule has 90 valence electrons. The number of ether oxygens (including phenoxy) is 1. The molecule has 0 aliphatic rings. The minimum Gasteiger partial charge on any atom is -0.466 e. The van der Waals surface area contributed by atoms with E-state index in [0.717, 1.165) is 0 Å². The van der Waals surface area contributed by atoms with Crippen LogP contribution >= 0.6 is 11.8 Å². The molecule has 15 heavy (non-hydrogen) atoms. The lowest BCUT2D eigenvalue weighted by Crippen LogP contribution is -2.11. The van der Waals surface area contributed by atoms with Crippen LogP contribution in [0.5, 0.6) is 0 Å². The van der Waals surface area contributed by atoms with E-state index in [-0.39, 0.29) is 5.97 Å². The molecular weight excluding hydrogens is 208 g/mol. The number of thioether (sulfide) groups is 1. The number of carbonyl (C=O) groups excluding carboxylic acids is 1. The van der Waals surface area contributed by atoms with Crippen molar-refractivity contribution < 1.29 is 9.53 Å². The first-order valence-corrected chi connectivity index (χ1v) is 7.02. The van der Waals surface area contributed by atoms with Gasteiger partial charge in [0.05, 0.1) is 13.0 Å². The first kappa shape index (κ1) is 14.8. The van der Waals surface area contributed by atoms with Crippen molar-refractivity contribution in [1.82, 2.24) is 0 Å². The lowest BCUT2D eigenvalue weighted by atomic mass is 10.2. The molecule has 0 saturated carbocycles. The summed E-state index contributed by atoms with van der Waals surface area (Å²) >= 11 is 1.88. The summed E-state index contributed by atoms with van der Waals surface area (Å²) in [4.78, 5) is 11.2. The molecule has 0 amide bonds. The Labute approximate surface area is 98.2 Å². The molecule has 0 aromatic heterocycles. The van der Waals surface area contributed by atoms with Gasteiger partial charge in [-0.05, 0) is 19.1 Å². The average molecular weight is 232 g/mol. The van der Waals surface area contributed by atoms with Gasteiger partial charge < -0.3 is 4.74 Å². The summed E-state index contributed by atoms with van der Waals surface area (Å²) in [6, 6.07) is 0. The van der Waals surface area contributed by atoms with E-state index in [2.05, 4.69) is 13.8 Å². The largest absolute Gasteiger partial charge is 0.466 e. The minimum absolute atomic E-state index is 0.0638. The van der Waals surface area contributed by atoms with Gasteiger partial charge in [-0.15, -0.1) is 0 Å². The predicted octanol–water partition coefficient (Wildman–Crippen LogP) is 3.64. The number of hydrogen-bond donors (Lipinski definition) is 0. The smallest absolute Gasteiger partial charge is 0.306 e. The zero-order valence-corrected chi connectivity index (χ0v) is 11.1. The highest BCUT2D eigenvalue weighted by Gasteiger charge is 2.09. The van der Waals surface area contributed by atoms with Crippen LogP contribution in [0.1, 0.15) is 52.9 Å². The van der Waals surface area contributed by atoms with Gasteiger partial charge in [0.1, 0.15) is 0 Å². The number of unbranched alkanes of at least 4 members (excludes halogenated alkanes) is 3. The van der Waals surface area contributed by atoms with E-state index in [1.165, 1.54) is 31.4 Å². The van der Waals surface area contributed by atoms with Gasteiger partial charge in [0.25, 0.3) is 0 Å². The van der Waals surface area contributed by atoms with Crippen LogP contribution in [0.4, 0.5) is 0 Å². The van der Waals surface area contributed by atoms with E-state index < -0.39 is 0 Å². The van der Waals surface area contributed by atoms with Crippen molar-refractivity contribution in [2.24, 2.45) is 0 Å². The maximum absolute atomic E-state index is 11.2. The van der Waals surface area contributed by atoms with Crippen molar-refractivity contribution in [3.8, 4) is 0 Å². The monoisotopic (exact) mass is 232 g/mol. The number of esters is 1. The topological polar surface area (TPSA) is 26.3 Å². The van der Waals surface area contributed by atoms with Crippen LogP contribution in [-0.2, 0) is 9.53 Å². The maximum atomic E-state index is 11.2. The first-order valence-electron chi connectivity index (χ1n) is 5.97. The first-order chi connectivity index (χ1) is 7.20. The molecule has 0 heterocycles. The minimum atomic E-state index is -0.0638. The molecule has 0 rings (SSSR count). The molecule has 1 unspecified atom stereocenters. The van der Waals surface area contributed by atoms with Crippen LogP contribution in [0, 0.1) is 0 Å². The fourth-order valence-electron chi connectivity index (χ4n) is 1.33. The second-order valence-electron chi connectivity index (χ2n) is 3.75. The molecule has 0 fully saturated rings. The molecule has 0 aliphatic carbocycles. The van der Waals surface area contributed by atoms with Crippen LogP contribution in [0.2, 0.25) is 0 Å². The molecule has 0 aromatic rings. The summed E-state index contributed by atoms with van der Waals surface area (Å²) in [5.74, 6) is 1.10. The lowest BCUT2D eigenvalue weighted by molar-refractivity contribution is -0.142. The van der Waals surface area contributed by atoms with E-state index >= 15 is 0 Å². The zero-order chi connectivity index (χ0) is 11.5. The molecule has 0 radical (unpaired) electrons. The van der Waals surface area contributed by atoms with E-state index in [1.807, 2.05) is 18.7 Å². The molecule has 0 bridgehead atoms. The van der Waals surface area contributed by atoms with Crippen molar-refractivity contribution in [3.05, 3.63) is 0 Å². The Morgan fingerprint density at radius 2 is 2.00 bits per heavy atom. The highest BCUT2D eigenvalue weighted by molar-refractivity contribution is 7.99. The van der Waals surface area contributed by atoms with Crippen molar-refractivity contribution in [2.45, 2.75) is 58.1 Å². The Morgan fingerprint density at radius 1 is 1.27 bits per heavy atom. The van der Waals surface area contributed by atoms with E-state index in [4.69, 9.17) is 4.74 Å². The van der Waals surface area contributed by atoms with Gasteiger partial charge in [-0.3, -0.25) is 4.79 Å². The van der Waals surface area contributed by atoms with Crippen molar-refractivity contribution in [1.29, 1.82) is 0 Å². The van der Waals surface area contributed by atoms with Crippen LogP contribution in [-0.4, -0.2) is 23.6 Å². The van der Waals surface area contributed by atoms with Crippen LogP contribution in [0.15, 0.2) is 0 Å². The Bertz CT molecular complexity index is 160. The van der Waals surface area contributed by atoms with Gasteiger partial charge in [0.2, 0.25) is 0 Å². The molecule has 1 atom stereocenters. The van der Waals surface area contributed by atoms with E-state index in [0.29, 0.717) is 18.3 Å². The van der Waals surface area contributed by atoms with Gasteiger partial charge >= 0.3 is 5.97 Å². The van der Waals surface area contributed by atoms with Crippen molar-refractivity contribution >= 4 is 17.7 Å².